The first kappa shape index (κ1) is 19.2. The number of H-pyrrole nitrogens is 1. The lowest BCUT2D eigenvalue weighted by Gasteiger charge is -2.07. The maximum Gasteiger partial charge on any atom is 0.307 e. The second-order valence-electron chi connectivity index (χ2n) is 6.39. The highest BCUT2D eigenvalue weighted by molar-refractivity contribution is 7.09. The van der Waals surface area contributed by atoms with Crippen LogP contribution in [-0.4, -0.2) is 21.7 Å². The van der Waals surface area contributed by atoms with Crippen molar-refractivity contribution >= 4 is 11.3 Å². The molecule has 0 saturated heterocycles. The molecule has 0 saturated carbocycles. The number of pyridine rings is 1. The predicted octanol–water partition coefficient (Wildman–Crippen LogP) is 3.90. The van der Waals surface area contributed by atoms with E-state index in [-0.39, 0.29) is 10.8 Å². The molecule has 0 spiro atoms. The summed E-state index contributed by atoms with van der Waals surface area (Å²) in [6.45, 7) is 2.72. The molecular formula is C21H24N2O3S. The van der Waals surface area contributed by atoms with E-state index in [0.717, 1.165) is 53.3 Å². The Morgan fingerprint density at radius 3 is 2.48 bits per heavy atom. The molecule has 1 aromatic carbocycles. The minimum Gasteiger partial charge on any atom is -0.494 e. The molecule has 3 rings (SSSR count). The molecule has 0 aliphatic rings. The summed E-state index contributed by atoms with van der Waals surface area (Å²) >= 11 is 1.07. The number of aromatic hydroxyl groups is 1. The number of hydrogen-bond donors (Lipinski definition) is 2. The summed E-state index contributed by atoms with van der Waals surface area (Å²) in [6.07, 6.45) is 6.17. The zero-order valence-corrected chi connectivity index (χ0v) is 16.2. The average Bonchev–Trinajstić information content (AvgIpc) is 3.01. The van der Waals surface area contributed by atoms with Gasteiger partial charge in [-0.05, 0) is 55.0 Å². The third-order valence-corrected chi connectivity index (χ3v) is 5.35. The Hall–Kier alpha value is -2.60. The van der Waals surface area contributed by atoms with Crippen LogP contribution in [0.4, 0.5) is 0 Å². The summed E-state index contributed by atoms with van der Waals surface area (Å²) in [6, 6.07) is 12.3. The number of aromatic amines is 1. The highest BCUT2D eigenvalue weighted by Crippen LogP contribution is 2.19. The highest BCUT2D eigenvalue weighted by atomic mass is 32.1. The molecule has 2 N–H and O–H groups in total. The lowest BCUT2D eigenvalue weighted by Crippen LogP contribution is -2.03. The number of nitrogens with zero attached hydrogens (tertiary/aromatic N) is 1. The number of ether oxygens (including phenoxy) is 1. The van der Waals surface area contributed by atoms with Crippen molar-refractivity contribution in [2.45, 2.75) is 39.0 Å². The van der Waals surface area contributed by atoms with Crippen LogP contribution in [0.3, 0.4) is 0 Å². The van der Waals surface area contributed by atoms with E-state index in [0.29, 0.717) is 13.0 Å². The number of aromatic nitrogens is 2. The van der Waals surface area contributed by atoms with Gasteiger partial charge in [0.15, 0.2) is 0 Å². The van der Waals surface area contributed by atoms with Gasteiger partial charge in [-0.2, -0.15) is 0 Å². The van der Waals surface area contributed by atoms with Crippen LogP contribution in [0.1, 0.15) is 35.0 Å². The third-order valence-electron chi connectivity index (χ3n) is 4.41. The van der Waals surface area contributed by atoms with Crippen molar-refractivity contribution < 1.29 is 9.84 Å². The van der Waals surface area contributed by atoms with Crippen molar-refractivity contribution in [3.63, 3.8) is 0 Å². The summed E-state index contributed by atoms with van der Waals surface area (Å²) in [7, 11) is 0. The molecule has 0 aliphatic heterocycles. The number of aryl methyl sites for hydroxylation is 3. The zero-order valence-electron chi connectivity index (χ0n) is 15.4. The van der Waals surface area contributed by atoms with E-state index < -0.39 is 0 Å². The molecular weight excluding hydrogens is 360 g/mol. The van der Waals surface area contributed by atoms with Gasteiger partial charge in [0.25, 0.3) is 0 Å². The number of hydrogen-bond acceptors (Lipinski definition) is 5. The fraction of sp³-hybridized carbons (Fsp3) is 0.333. The van der Waals surface area contributed by atoms with Crippen LogP contribution in [0, 0.1) is 0 Å². The predicted molar refractivity (Wildman–Crippen MR) is 108 cm³/mol. The van der Waals surface area contributed by atoms with Crippen molar-refractivity contribution in [3.8, 4) is 11.6 Å². The summed E-state index contributed by atoms with van der Waals surface area (Å²) in [5, 5.41) is 9.59. The van der Waals surface area contributed by atoms with Crippen molar-refractivity contribution in [2.75, 3.05) is 6.61 Å². The van der Waals surface area contributed by atoms with Gasteiger partial charge >= 0.3 is 4.87 Å². The van der Waals surface area contributed by atoms with Crippen LogP contribution in [-0.2, 0) is 25.7 Å². The molecule has 142 valence electrons. The average molecular weight is 385 g/mol. The van der Waals surface area contributed by atoms with Crippen LogP contribution in [0.5, 0.6) is 11.6 Å². The minimum atomic E-state index is -0.208. The molecule has 2 heterocycles. The number of nitrogens with one attached hydrogen (secondary N) is 1. The number of benzene rings is 1. The molecule has 0 amide bonds. The van der Waals surface area contributed by atoms with E-state index in [9.17, 15) is 9.90 Å². The van der Waals surface area contributed by atoms with Crippen LogP contribution in [0.25, 0.3) is 0 Å². The van der Waals surface area contributed by atoms with Gasteiger partial charge in [-0.15, -0.1) is 0 Å². The third kappa shape index (κ3) is 5.69. The summed E-state index contributed by atoms with van der Waals surface area (Å²) in [5.74, 6) is 0.859. The summed E-state index contributed by atoms with van der Waals surface area (Å²) < 4.78 is 5.80. The maximum absolute atomic E-state index is 11.2. The molecule has 0 fully saturated rings. The second-order valence-corrected chi connectivity index (χ2v) is 7.46. The standard InChI is InChI=1S/C21H24N2O3S/c1-2-15-6-9-17(22-14-15)12-13-26-18-10-7-16(8-11-18)4-3-5-19-20(24)23-21(25)27-19/h6-11,14,24H,2-5,12-13H2,1H3,(H,23,25). The van der Waals surface area contributed by atoms with Gasteiger partial charge in [-0.25, -0.2) is 0 Å². The van der Waals surface area contributed by atoms with Crippen LogP contribution >= 0.6 is 11.3 Å². The molecule has 0 aliphatic carbocycles. The van der Waals surface area contributed by atoms with Gasteiger partial charge in [0.1, 0.15) is 5.75 Å². The Balaban J connectivity index is 1.41. The molecule has 6 heteroatoms. The smallest absolute Gasteiger partial charge is 0.307 e. The van der Waals surface area contributed by atoms with Gasteiger partial charge in [0.2, 0.25) is 5.88 Å². The molecule has 5 nitrogen and oxygen atoms in total. The molecule has 0 atom stereocenters. The Morgan fingerprint density at radius 2 is 1.85 bits per heavy atom. The molecule has 0 radical (unpaired) electrons. The van der Waals surface area contributed by atoms with Crippen LogP contribution < -0.4 is 9.61 Å². The second kappa shape index (κ2) is 9.37. The van der Waals surface area contributed by atoms with Gasteiger partial charge in [0.05, 0.1) is 11.5 Å². The van der Waals surface area contributed by atoms with E-state index in [1.54, 1.807) is 0 Å². The molecule has 0 unspecified atom stereocenters. The fourth-order valence-corrected chi connectivity index (χ4v) is 3.58. The number of thiazole rings is 1. The van der Waals surface area contributed by atoms with Gasteiger partial charge < -0.3 is 9.84 Å². The van der Waals surface area contributed by atoms with E-state index in [1.807, 2.05) is 18.3 Å². The highest BCUT2D eigenvalue weighted by Gasteiger charge is 2.06. The quantitative estimate of drug-likeness (QED) is 0.587. The first-order chi connectivity index (χ1) is 13.1. The van der Waals surface area contributed by atoms with Crippen molar-refractivity contribution in [2.24, 2.45) is 0 Å². The minimum absolute atomic E-state index is 0.00701. The van der Waals surface area contributed by atoms with Crippen molar-refractivity contribution in [1.82, 2.24) is 9.97 Å². The SMILES string of the molecule is CCc1ccc(CCOc2ccc(CCCc3sc(=O)[nH]c3O)cc2)nc1. The van der Waals surface area contributed by atoms with Crippen molar-refractivity contribution in [1.29, 1.82) is 0 Å². The van der Waals surface area contributed by atoms with Crippen molar-refractivity contribution in [3.05, 3.63) is 74.0 Å². The first-order valence-corrected chi connectivity index (χ1v) is 10.0. The topological polar surface area (TPSA) is 75.2 Å². The Labute approximate surface area is 162 Å². The lowest BCUT2D eigenvalue weighted by molar-refractivity contribution is 0.320. The van der Waals surface area contributed by atoms with Crippen LogP contribution in [0.15, 0.2) is 47.4 Å². The van der Waals surface area contributed by atoms with Gasteiger partial charge in [-0.1, -0.05) is 36.5 Å². The molecule has 0 bridgehead atoms. The molecule has 2 aromatic heterocycles. The van der Waals surface area contributed by atoms with Crippen LogP contribution in [0.2, 0.25) is 0 Å². The summed E-state index contributed by atoms with van der Waals surface area (Å²) in [5.41, 5.74) is 3.50. The molecule has 3 aromatic rings. The number of rotatable bonds is 9. The Morgan fingerprint density at radius 1 is 1.07 bits per heavy atom. The Bertz CT molecular complexity index is 898. The fourth-order valence-electron chi connectivity index (χ4n) is 2.81. The van der Waals surface area contributed by atoms with Gasteiger partial charge in [0, 0.05) is 18.3 Å². The van der Waals surface area contributed by atoms with E-state index in [1.165, 1.54) is 11.1 Å². The normalized spacial score (nSPS) is 10.9. The Kier molecular flexibility index (Phi) is 6.65. The zero-order chi connectivity index (χ0) is 19.1. The van der Waals surface area contributed by atoms with E-state index in [4.69, 9.17) is 4.74 Å². The molecule has 27 heavy (non-hydrogen) atoms. The lowest BCUT2D eigenvalue weighted by atomic mass is 10.1. The monoisotopic (exact) mass is 384 g/mol. The summed E-state index contributed by atoms with van der Waals surface area (Å²) in [4.78, 5) is 18.5. The first-order valence-electron chi connectivity index (χ1n) is 9.20. The maximum atomic E-state index is 11.2. The van der Waals surface area contributed by atoms with E-state index in [2.05, 4.69) is 41.2 Å². The van der Waals surface area contributed by atoms with Gasteiger partial charge in [-0.3, -0.25) is 14.8 Å². The van der Waals surface area contributed by atoms with E-state index >= 15 is 0 Å². The largest absolute Gasteiger partial charge is 0.494 e.